The molecule has 1 amide bonds. The second-order valence-corrected chi connectivity index (χ2v) is 8.00. The zero-order valence-corrected chi connectivity index (χ0v) is 17.1. The molecule has 148 valence electrons. The molecule has 3 rings (SSSR count). The first-order chi connectivity index (χ1) is 13.5. The van der Waals surface area contributed by atoms with E-state index in [4.69, 9.17) is 21.6 Å². The van der Waals surface area contributed by atoms with Gasteiger partial charge in [-0.25, -0.2) is 4.98 Å². The van der Waals surface area contributed by atoms with E-state index in [1.54, 1.807) is 29.8 Å². The van der Waals surface area contributed by atoms with Crippen molar-refractivity contribution in [3.05, 3.63) is 33.6 Å². The Labute approximate surface area is 172 Å². The fraction of sp³-hybridized carbons (Fsp3) is 0.474. The van der Waals surface area contributed by atoms with E-state index in [9.17, 15) is 9.59 Å². The summed E-state index contributed by atoms with van der Waals surface area (Å²) < 4.78 is 7.28. The molecule has 0 N–H and O–H groups in total. The molecule has 28 heavy (non-hydrogen) atoms. The number of aromatic nitrogens is 2. The summed E-state index contributed by atoms with van der Waals surface area (Å²) in [7, 11) is 1.66. The lowest BCUT2D eigenvalue weighted by Gasteiger charge is -2.18. The largest absolute Gasteiger partial charge is 0.376 e. The predicted molar refractivity (Wildman–Crippen MR) is 109 cm³/mol. The summed E-state index contributed by atoms with van der Waals surface area (Å²) in [6.45, 7) is 1.48. The van der Waals surface area contributed by atoms with Crippen LogP contribution >= 0.6 is 23.4 Å². The second-order valence-electron chi connectivity index (χ2n) is 6.62. The van der Waals surface area contributed by atoms with Gasteiger partial charge in [0, 0.05) is 25.2 Å². The van der Waals surface area contributed by atoms with Crippen molar-refractivity contribution in [3.63, 3.8) is 0 Å². The van der Waals surface area contributed by atoms with Gasteiger partial charge in [0.25, 0.3) is 5.56 Å². The van der Waals surface area contributed by atoms with Gasteiger partial charge in [0.15, 0.2) is 5.16 Å². The number of nitriles is 1. The standard InChI is InChI=1S/C19H21ClN4O3S/c1-23(8-3-7-21)17(25)12-28-19-22-16-10-13(20)5-6-15(16)18(26)24(19)11-14-4-2-9-27-14/h5-6,10,14H,2-4,8-9,11-12H2,1H3/t14-/m1/s1. The highest BCUT2D eigenvalue weighted by molar-refractivity contribution is 7.99. The van der Waals surface area contributed by atoms with Crippen LogP contribution in [0.4, 0.5) is 0 Å². The molecule has 1 aromatic carbocycles. The maximum atomic E-state index is 13.0. The summed E-state index contributed by atoms with van der Waals surface area (Å²) in [5.74, 6) is 0.00995. The molecule has 2 aromatic rings. The van der Waals surface area contributed by atoms with Gasteiger partial charge < -0.3 is 9.64 Å². The Bertz CT molecular complexity index is 966. The van der Waals surface area contributed by atoms with Gasteiger partial charge in [-0.2, -0.15) is 5.26 Å². The number of carbonyl (C=O) groups excluding carboxylic acids is 1. The first-order valence-corrected chi connectivity index (χ1v) is 10.4. The molecule has 1 fully saturated rings. The Morgan fingerprint density at radius 2 is 2.36 bits per heavy atom. The molecule has 0 bridgehead atoms. The summed E-state index contributed by atoms with van der Waals surface area (Å²) >= 11 is 7.27. The lowest BCUT2D eigenvalue weighted by atomic mass is 10.2. The molecule has 7 nitrogen and oxygen atoms in total. The van der Waals surface area contributed by atoms with Gasteiger partial charge in [-0.1, -0.05) is 23.4 Å². The number of carbonyl (C=O) groups is 1. The zero-order valence-electron chi connectivity index (χ0n) is 15.6. The number of rotatable bonds is 7. The van der Waals surface area contributed by atoms with E-state index in [1.807, 2.05) is 6.07 Å². The quantitative estimate of drug-likeness (QED) is 0.505. The van der Waals surface area contributed by atoms with Crippen molar-refractivity contribution in [2.75, 3.05) is 26.0 Å². The average molecular weight is 421 g/mol. The normalized spacial score (nSPS) is 16.2. The van der Waals surface area contributed by atoms with Crippen LogP contribution < -0.4 is 5.56 Å². The number of hydrogen-bond donors (Lipinski definition) is 0. The average Bonchev–Trinajstić information content (AvgIpc) is 3.19. The molecule has 1 aliphatic heterocycles. The third-order valence-electron chi connectivity index (χ3n) is 4.60. The highest BCUT2D eigenvalue weighted by atomic mass is 35.5. The molecule has 0 unspecified atom stereocenters. The number of thioether (sulfide) groups is 1. The minimum absolute atomic E-state index is 0.0300. The van der Waals surface area contributed by atoms with Crippen molar-refractivity contribution >= 4 is 40.2 Å². The first kappa shape index (κ1) is 20.6. The van der Waals surface area contributed by atoms with E-state index in [-0.39, 0.29) is 29.7 Å². The van der Waals surface area contributed by atoms with Crippen molar-refractivity contribution in [2.45, 2.75) is 37.1 Å². The molecule has 0 radical (unpaired) electrons. The SMILES string of the molecule is CN(CCC#N)C(=O)CSc1nc2cc(Cl)ccc2c(=O)n1C[C@H]1CCCO1. The molecule has 1 aliphatic rings. The highest BCUT2D eigenvalue weighted by Gasteiger charge is 2.21. The predicted octanol–water partition coefficient (Wildman–Crippen LogP) is 2.69. The van der Waals surface area contributed by atoms with Crippen LogP contribution in [0.5, 0.6) is 0 Å². The van der Waals surface area contributed by atoms with Crippen molar-refractivity contribution < 1.29 is 9.53 Å². The van der Waals surface area contributed by atoms with Gasteiger partial charge >= 0.3 is 0 Å². The zero-order chi connectivity index (χ0) is 20.1. The summed E-state index contributed by atoms with van der Waals surface area (Å²) in [6, 6.07) is 7.02. The van der Waals surface area contributed by atoms with Gasteiger partial charge in [0.05, 0.1) is 41.8 Å². The Kier molecular flexibility index (Phi) is 6.94. The molecule has 0 aliphatic carbocycles. The van der Waals surface area contributed by atoms with E-state index in [2.05, 4.69) is 4.98 Å². The van der Waals surface area contributed by atoms with Crippen LogP contribution in [-0.4, -0.2) is 52.4 Å². The Hall–Kier alpha value is -2.08. The van der Waals surface area contributed by atoms with Gasteiger partial charge in [-0.15, -0.1) is 0 Å². The van der Waals surface area contributed by atoms with Gasteiger partial charge in [0.1, 0.15) is 0 Å². The third kappa shape index (κ3) is 4.85. The van der Waals surface area contributed by atoms with Gasteiger partial charge in [-0.05, 0) is 31.0 Å². The number of fused-ring (bicyclic) bond motifs is 1. The summed E-state index contributed by atoms with van der Waals surface area (Å²) in [5.41, 5.74) is 0.346. The maximum Gasteiger partial charge on any atom is 0.262 e. The van der Waals surface area contributed by atoms with E-state index >= 15 is 0 Å². The lowest BCUT2D eigenvalue weighted by Crippen LogP contribution is -2.31. The Balaban J connectivity index is 1.88. The fourth-order valence-electron chi connectivity index (χ4n) is 3.02. The Morgan fingerprint density at radius 1 is 1.54 bits per heavy atom. The molecule has 1 saturated heterocycles. The smallest absolute Gasteiger partial charge is 0.262 e. The van der Waals surface area contributed by atoms with Crippen LogP contribution in [-0.2, 0) is 16.1 Å². The number of nitrogens with zero attached hydrogens (tertiary/aromatic N) is 4. The first-order valence-electron chi connectivity index (χ1n) is 9.05. The van der Waals surface area contributed by atoms with Gasteiger partial charge in [0.2, 0.25) is 5.91 Å². The van der Waals surface area contributed by atoms with E-state index in [0.29, 0.717) is 40.8 Å². The lowest BCUT2D eigenvalue weighted by molar-refractivity contribution is -0.127. The van der Waals surface area contributed by atoms with Crippen LogP contribution in [0.1, 0.15) is 19.3 Å². The molecular weight excluding hydrogens is 400 g/mol. The number of halogens is 1. The summed E-state index contributed by atoms with van der Waals surface area (Å²) in [5, 5.41) is 10.1. The topological polar surface area (TPSA) is 88.2 Å². The Morgan fingerprint density at radius 3 is 3.07 bits per heavy atom. The number of hydrogen-bond acceptors (Lipinski definition) is 6. The van der Waals surface area contributed by atoms with Crippen molar-refractivity contribution in [3.8, 4) is 6.07 Å². The van der Waals surface area contributed by atoms with Crippen LogP contribution in [0.15, 0.2) is 28.2 Å². The van der Waals surface area contributed by atoms with Crippen LogP contribution in [0.3, 0.4) is 0 Å². The monoisotopic (exact) mass is 420 g/mol. The number of ether oxygens (including phenoxy) is 1. The van der Waals surface area contributed by atoms with Gasteiger partial charge in [-0.3, -0.25) is 14.2 Å². The molecular formula is C19H21ClN4O3S. The maximum absolute atomic E-state index is 13.0. The van der Waals surface area contributed by atoms with E-state index in [1.165, 1.54) is 16.7 Å². The third-order valence-corrected chi connectivity index (χ3v) is 5.80. The molecule has 1 atom stereocenters. The highest BCUT2D eigenvalue weighted by Crippen LogP contribution is 2.23. The van der Waals surface area contributed by atoms with E-state index < -0.39 is 0 Å². The molecule has 1 aromatic heterocycles. The van der Waals surface area contributed by atoms with Crippen LogP contribution in [0.25, 0.3) is 10.9 Å². The van der Waals surface area contributed by atoms with Crippen LogP contribution in [0, 0.1) is 11.3 Å². The molecule has 9 heteroatoms. The fourth-order valence-corrected chi connectivity index (χ4v) is 4.13. The molecule has 0 spiro atoms. The molecule has 0 saturated carbocycles. The summed E-state index contributed by atoms with van der Waals surface area (Å²) in [6.07, 6.45) is 2.12. The summed E-state index contributed by atoms with van der Waals surface area (Å²) in [4.78, 5) is 31.5. The van der Waals surface area contributed by atoms with Crippen molar-refractivity contribution in [1.29, 1.82) is 5.26 Å². The van der Waals surface area contributed by atoms with Crippen molar-refractivity contribution in [2.24, 2.45) is 0 Å². The van der Waals surface area contributed by atoms with Crippen molar-refractivity contribution in [1.82, 2.24) is 14.5 Å². The minimum Gasteiger partial charge on any atom is -0.376 e. The second kappa shape index (κ2) is 9.41. The number of amides is 1. The minimum atomic E-state index is -0.162. The van der Waals surface area contributed by atoms with E-state index in [0.717, 1.165) is 12.8 Å². The molecule has 2 heterocycles. The van der Waals surface area contributed by atoms with Crippen LogP contribution in [0.2, 0.25) is 5.02 Å². The number of benzene rings is 1.